The van der Waals surface area contributed by atoms with E-state index in [2.05, 4.69) is 20.6 Å². The van der Waals surface area contributed by atoms with Gasteiger partial charge in [0.15, 0.2) is 11.6 Å². The molecule has 0 aliphatic heterocycles. The van der Waals surface area contributed by atoms with Crippen molar-refractivity contribution in [1.82, 2.24) is 9.97 Å². The van der Waals surface area contributed by atoms with Crippen molar-refractivity contribution < 1.29 is 5.11 Å². The lowest BCUT2D eigenvalue weighted by Gasteiger charge is -2.12. The second-order valence-corrected chi connectivity index (χ2v) is 2.77. The van der Waals surface area contributed by atoms with Gasteiger partial charge in [-0.05, 0) is 6.92 Å². The molecule has 1 unspecified atom stereocenters. The second-order valence-electron chi connectivity index (χ2n) is 2.77. The quantitative estimate of drug-likeness (QED) is 0.412. The van der Waals surface area contributed by atoms with Crippen molar-refractivity contribution in [3.63, 3.8) is 0 Å². The Morgan fingerprint density at radius 3 is 2.50 bits per heavy atom. The summed E-state index contributed by atoms with van der Waals surface area (Å²) in [5, 5.41) is 14.5. The molecule has 1 rings (SSSR count). The maximum Gasteiger partial charge on any atom is 0.226 e. The number of nitrogen functional groups attached to an aromatic ring is 2. The zero-order valence-electron chi connectivity index (χ0n) is 8.07. The van der Waals surface area contributed by atoms with Crippen LogP contribution in [0.25, 0.3) is 0 Å². The number of hydrogen-bond donors (Lipinski definition) is 5. The van der Waals surface area contributed by atoms with Gasteiger partial charge in [-0.3, -0.25) is 0 Å². The highest BCUT2D eigenvalue weighted by atomic mass is 16.3. The van der Waals surface area contributed by atoms with Crippen LogP contribution in [0.5, 0.6) is 0 Å². The predicted octanol–water partition coefficient (Wildman–Crippen LogP) is -0.567. The summed E-state index contributed by atoms with van der Waals surface area (Å²) in [6.07, 6.45) is -0.753. The molecule has 1 aromatic heterocycles. The first kappa shape index (κ1) is 10.3. The minimum Gasteiger partial charge on any atom is -0.393 e. The third kappa shape index (κ3) is 2.13. The van der Waals surface area contributed by atoms with Crippen LogP contribution in [0.1, 0.15) is 6.92 Å². The lowest BCUT2D eigenvalue weighted by Crippen LogP contribution is -2.17. The number of aliphatic hydroxyl groups is 1. The molecule has 7 N–H and O–H groups in total. The van der Waals surface area contributed by atoms with Gasteiger partial charge in [0.25, 0.3) is 0 Å². The van der Waals surface area contributed by atoms with Gasteiger partial charge in [-0.15, -0.1) is 0 Å². The van der Waals surface area contributed by atoms with Gasteiger partial charge >= 0.3 is 0 Å². The number of nitrogens with zero attached hydrogens (tertiary/aromatic N) is 2. The Bertz CT molecular complexity index is 326. The molecule has 7 heteroatoms. The molecule has 78 valence electrons. The largest absolute Gasteiger partial charge is 0.393 e. The van der Waals surface area contributed by atoms with E-state index in [-0.39, 0.29) is 11.5 Å². The molecule has 0 saturated carbocycles. The van der Waals surface area contributed by atoms with Gasteiger partial charge in [-0.1, -0.05) is 0 Å². The Morgan fingerprint density at radius 1 is 1.36 bits per heavy atom. The first-order chi connectivity index (χ1) is 6.54. The molecule has 0 saturated heterocycles. The van der Waals surface area contributed by atoms with E-state index >= 15 is 0 Å². The van der Waals surface area contributed by atoms with Crippen LogP contribution in [-0.2, 0) is 0 Å². The molecular formula is C7H14N6O. The lowest BCUT2D eigenvalue weighted by atomic mass is 10.4. The summed E-state index contributed by atoms with van der Waals surface area (Å²) < 4.78 is 0. The molecule has 1 heterocycles. The number of anilines is 4. The fourth-order valence-electron chi connectivity index (χ4n) is 0.906. The maximum absolute atomic E-state index is 9.10. The number of aromatic nitrogens is 2. The zero-order valence-corrected chi connectivity index (χ0v) is 8.07. The van der Waals surface area contributed by atoms with E-state index in [9.17, 15) is 0 Å². The molecule has 0 spiro atoms. The van der Waals surface area contributed by atoms with Crippen molar-refractivity contribution in [1.29, 1.82) is 0 Å². The van der Waals surface area contributed by atoms with Gasteiger partial charge in [0, 0.05) is 7.05 Å². The SMILES string of the molecule is CNc1nc(N)c(N)c(NC(C)O)n1. The monoisotopic (exact) mass is 198 g/mol. The van der Waals surface area contributed by atoms with Crippen LogP contribution in [0.15, 0.2) is 0 Å². The normalized spacial score (nSPS) is 12.2. The van der Waals surface area contributed by atoms with Gasteiger partial charge in [-0.25, -0.2) is 0 Å². The first-order valence-electron chi connectivity index (χ1n) is 4.10. The summed E-state index contributed by atoms with van der Waals surface area (Å²) in [5.41, 5.74) is 11.4. The number of nitrogens with one attached hydrogen (secondary N) is 2. The van der Waals surface area contributed by atoms with Crippen LogP contribution >= 0.6 is 0 Å². The topological polar surface area (TPSA) is 122 Å². The summed E-state index contributed by atoms with van der Waals surface area (Å²) in [4.78, 5) is 7.86. The third-order valence-corrected chi connectivity index (χ3v) is 1.54. The Hall–Kier alpha value is -1.76. The zero-order chi connectivity index (χ0) is 10.7. The van der Waals surface area contributed by atoms with Gasteiger partial charge in [0.05, 0.1) is 0 Å². The van der Waals surface area contributed by atoms with Gasteiger partial charge in [0.1, 0.15) is 11.9 Å². The molecule has 0 radical (unpaired) electrons. The highest BCUT2D eigenvalue weighted by Crippen LogP contribution is 2.22. The summed E-state index contributed by atoms with van der Waals surface area (Å²) in [7, 11) is 1.66. The molecule has 0 aliphatic carbocycles. The highest BCUT2D eigenvalue weighted by Gasteiger charge is 2.09. The van der Waals surface area contributed by atoms with Gasteiger partial charge in [-0.2, -0.15) is 9.97 Å². The molecule has 0 bridgehead atoms. The molecule has 14 heavy (non-hydrogen) atoms. The first-order valence-corrected chi connectivity index (χ1v) is 4.10. The standard InChI is InChI=1S/C7H14N6O/c1-3(14)11-6-4(8)5(9)12-7(10-2)13-6/h3,14H,8H2,1-2H3,(H4,9,10,11,12,13). The summed E-state index contributed by atoms with van der Waals surface area (Å²) in [5.74, 6) is 0.837. The number of nitrogens with two attached hydrogens (primary N) is 2. The van der Waals surface area contributed by atoms with Crippen LogP contribution in [0.4, 0.5) is 23.3 Å². The fourth-order valence-corrected chi connectivity index (χ4v) is 0.906. The molecule has 0 aromatic carbocycles. The van der Waals surface area contributed by atoms with Gasteiger partial charge < -0.3 is 27.2 Å². The summed E-state index contributed by atoms with van der Waals surface area (Å²) in [6, 6.07) is 0. The number of rotatable bonds is 3. The van der Waals surface area contributed by atoms with E-state index < -0.39 is 6.23 Å². The van der Waals surface area contributed by atoms with Crippen molar-refractivity contribution in [2.75, 3.05) is 29.1 Å². The van der Waals surface area contributed by atoms with Crippen LogP contribution in [0, 0.1) is 0 Å². The predicted molar refractivity (Wildman–Crippen MR) is 55.7 cm³/mol. The summed E-state index contributed by atoms with van der Waals surface area (Å²) in [6.45, 7) is 1.55. The van der Waals surface area contributed by atoms with Crippen molar-refractivity contribution in [2.45, 2.75) is 13.2 Å². The van der Waals surface area contributed by atoms with E-state index in [0.717, 1.165) is 0 Å². The smallest absolute Gasteiger partial charge is 0.226 e. The minimum atomic E-state index is -0.753. The molecule has 0 amide bonds. The average Bonchev–Trinajstić information content (AvgIpc) is 2.11. The van der Waals surface area contributed by atoms with Crippen molar-refractivity contribution in [2.24, 2.45) is 0 Å². The molecule has 1 aromatic rings. The fraction of sp³-hybridized carbons (Fsp3) is 0.429. The van der Waals surface area contributed by atoms with E-state index in [0.29, 0.717) is 11.8 Å². The van der Waals surface area contributed by atoms with Crippen LogP contribution in [0.2, 0.25) is 0 Å². The molecule has 7 nitrogen and oxygen atoms in total. The van der Waals surface area contributed by atoms with E-state index in [1.807, 2.05) is 0 Å². The van der Waals surface area contributed by atoms with Crippen molar-refractivity contribution in [3.05, 3.63) is 0 Å². The van der Waals surface area contributed by atoms with E-state index in [1.165, 1.54) is 0 Å². The Labute approximate surface area is 81.5 Å². The van der Waals surface area contributed by atoms with Crippen LogP contribution in [0.3, 0.4) is 0 Å². The Morgan fingerprint density at radius 2 is 2.00 bits per heavy atom. The molecule has 0 aliphatic rings. The molecule has 1 atom stereocenters. The Kier molecular flexibility index (Phi) is 2.92. The van der Waals surface area contributed by atoms with Crippen molar-refractivity contribution >= 4 is 23.3 Å². The second kappa shape index (κ2) is 3.97. The van der Waals surface area contributed by atoms with Crippen LogP contribution < -0.4 is 22.1 Å². The van der Waals surface area contributed by atoms with Crippen molar-refractivity contribution in [3.8, 4) is 0 Å². The average molecular weight is 198 g/mol. The molecule has 0 fully saturated rings. The Balaban J connectivity index is 3.07. The maximum atomic E-state index is 9.10. The minimum absolute atomic E-state index is 0.174. The highest BCUT2D eigenvalue weighted by molar-refractivity contribution is 5.74. The third-order valence-electron chi connectivity index (χ3n) is 1.54. The van der Waals surface area contributed by atoms with Crippen LogP contribution in [-0.4, -0.2) is 28.4 Å². The van der Waals surface area contributed by atoms with E-state index in [1.54, 1.807) is 14.0 Å². The van der Waals surface area contributed by atoms with Gasteiger partial charge in [0.2, 0.25) is 5.95 Å². The number of hydrogen-bond acceptors (Lipinski definition) is 7. The molecular weight excluding hydrogens is 184 g/mol. The number of aliphatic hydroxyl groups excluding tert-OH is 1. The van der Waals surface area contributed by atoms with E-state index in [4.69, 9.17) is 16.6 Å². The summed E-state index contributed by atoms with van der Waals surface area (Å²) >= 11 is 0. The lowest BCUT2D eigenvalue weighted by molar-refractivity contribution is 0.224.